The highest BCUT2D eigenvalue weighted by atomic mass is 35.5. The first-order chi connectivity index (χ1) is 17.2. The average molecular weight is 482 g/mol. The van der Waals surface area contributed by atoms with Gasteiger partial charge in [0.25, 0.3) is 0 Å². The molecular weight excluding hydrogens is 462 g/mol. The van der Waals surface area contributed by atoms with Crippen LogP contribution < -0.4 is 20.0 Å². The predicted octanol–water partition coefficient (Wildman–Crippen LogP) is 7.26. The second-order valence-electron chi connectivity index (χ2n) is 8.27. The fourth-order valence-corrected chi connectivity index (χ4v) is 4.64. The fraction of sp³-hybridized carbons (Fsp3) is 0.0690. The molecule has 0 saturated carbocycles. The number of ether oxygens (including phenoxy) is 2. The van der Waals surface area contributed by atoms with Crippen LogP contribution in [0, 0.1) is 0 Å². The Hall–Kier alpha value is -4.22. The van der Waals surface area contributed by atoms with Crippen LogP contribution in [0.5, 0.6) is 17.2 Å². The molecule has 0 bridgehead atoms. The van der Waals surface area contributed by atoms with Crippen molar-refractivity contribution < 1.29 is 13.9 Å². The van der Waals surface area contributed by atoms with Crippen molar-refractivity contribution >= 4 is 28.3 Å². The quantitative estimate of drug-likeness (QED) is 0.253. The van der Waals surface area contributed by atoms with Crippen LogP contribution in [0.3, 0.4) is 0 Å². The molecule has 0 atom stereocenters. The molecule has 0 spiro atoms. The Balaban J connectivity index is 1.36. The van der Waals surface area contributed by atoms with Crippen molar-refractivity contribution in [3.63, 3.8) is 0 Å². The van der Waals surface area contributed by atoms with Crippen LogP contribution in [0.25, 0.3) is 22.1 Å². The number of para-hydroxylation sites is 1. The summed E-state index contributed by atoms with van der Waals surface area (Å²) in [5, 5.41) is 1.27. The molecule has 0 fully saturated rings. The van der Waals surface area contributed by atoms with E-state index >= 15 is 0 Å². The van der Waals surface area contributed by atoms with E-state index in [1.165, 1.54) is 6.07 Å². The highest BCUT2D eigenvalue weighted by molar-refractivity contribution is 6.33. The molecule has 5 aromatic rings. The molecule has 35 heavy (non-hydrogen) atoms. The molecule has 2 heterocycles. The molecule has 0 amide bonds. The molecule has 0 N–H and O–H groups in total. The van der Waals surface area contributed by atoms with E-state index in [4.69, 9.17) is 25.5 Å². The van der Waals surface area contributed by atoms with E-state index in [0.29, 0.717) is 29.6 Å². The van der Waals surface area contributed by atoms with Gasteiger partial charge < -0.3 is 18.8 Å². The van der Waals surface area contributed by atoms with Gasteiger partial charge in [-0.2, -0.15) is 0 Å². The summed E-state index contributed by atoms with van der Waals surface area (Å²) in [4.78, 5) is 14.6. The third kappa shape index (κ3) is 4.11. The number of rotatable bonds is 4. The smallest absolute Gasteiger partial charge is 0.336 e. The van der Waals surface area contributed by atoms with Crippen molar-refractivity contribution in [3.8, 4) is 28.4 Å². The lowest BCUT2D eigenvalue weighted by molar-refractivity contribution is 0.289. The van der Waals surface area contributed by atoms with Crippen LogP contribution in [0.4, 0.5) is 5.69 Å². The van der Waals surface area contributed by atoms with Crippen LogP contribution in [-0.2, 0) is 6.54 Å². The topological polar surface area (TPSA) is 51.9 Å². The van der Waals surface area contributed by atoms with Gasteiger partial charge in [-0.1, -0.05) is 60.1 Å². The maximum Gasteiger partial charge on any atom is 0.336 e. The first-order valence-electron chi connectivity index (χ1n) is 11.2. The highest BCUT2D eigenvalue weighted by Crippen LogP contribution is 2.42. The number of fused-ring (bicyclic) bond motifs is 3. The van der Waals surface area contributed by atoms with Gasteiger partial charge in [0, 0.05) is 17.1 Å². The van der Waals surface area contributed by atoms with Crippen LogP contribution in [0.1, 0.15) is 5.56 Å². The molecule has 4 aromatic carbocycles. The molecule has 1 aromatic heterocycles. The Morgan fingerprint density at radius 3 is 2.26 bits per heavy atom. The monoisotopic (exact) mass is 481 g/mol. The summed E-state index contributed by atoms with van der Waals surface area (Å²) in [5.74, 6) is 2.07. The van der Waals surface area contributed by atoms with Crippen molar-refractivity contribution in [2.75, 3.05) is 11.6 Å². The zero-order valence-electron chi connectivity index (χ0n) is 18.6. The average Bonchev–Trinajstić information content (AvgIpc) is 2.90. The summed E-state index contributed by atoms with van der Waals surface area (Å²) in [6, 6.07) is 30.5. The predicted molar refractivity (Wildman–Crippen MR) is 138 cm³/mol. The summed E-state index contributed by atoms with van der Waals surface area (Å²) in [7, 11) is 0. The van der Waals surface area contributed by atoms with E-state index in [0.717, 1.165) is 39.3 Å². The summed E-state index contributed by atoms with van der Waals surface area (Å²) in [5.41, 5.74) is 3.47. The second kappa shape index (κ2) is 8.85. The molecule has 6 rings (SSSR count). The first-order valence-corrected chi connectivity index (χ1v) is 11.6. The minimum atomic E-state index is -0.416. The van der Waals surface area contributed by atoms with E-state index in [1.807, 2.05) is 91.0 Å². The molecule has 0 saturated heterocycles. The van der Waals surface area contributed by atoms with E-state index in [2.05, 4.69) is 4.90 Å². The molecule has 0 unspecified atom stereocenters. The Morgan fingerprint density at radius 1 is 0.829 bits per heavy atom. The number of nitrogens with zero attached hydrogens (tertiary/aromatic N) is 1. The lowest BCUT2D eigenvalue weighted by Crippen LogP contribution is -2.32. The lowest BCUT2D eigenvalue weighted by Gasteiger charge is -2.31. The van der Waals surface area contributed by atoms with Gasteiger partial charge in [0.2, 0.25) is 0 Å². The summed E-state index contributed by atoms with van der Waals surface area (Å²) < 4.78 is 17.6. The van der Waals surface area contributed by atoms with E-state index in [1.54, 1.807) is 0 Å². The molecule has 6 heteroatoms. The SMILES string of the molecule is O=c1cc(-c2ccccc2)c2cc(Cl)c3c(c2o1)CN(c1ccc(Oc2ccccc2)cc1)CO3. The molecule has 1 aliphatic rings. The second-order valence-corrected chi connectivity index (χ2v) is 8.68. The molecule has 172 valence electrons. The summed E-state index contributed by atoms with van der Waals surface area (Å²) in [6.07, 6.45) is 0. The van der Waals surface area contributed by atoms with Crippen molar-refractivity contribution in [2.45, 2.75) is 6.54 Å². The van der Waals surface area contributed by atoms with Gasteiger partial charge in [-0.15, -0.1) is 0 Å². The molecule has 0 radical (unpaired) electrons. The Kier molecular flexibility index (Phi) is 5.39. The lowest BCUT2D eigenvalue weighted by atomic mass is 9.99. The van der Waals surface area contributed by atoms with Gasteiger partial charge in [-0.25, -0.2) is 4.79 Å². The van der Waals surface area contributed by atoms with Crippen LogP contribution in [0.15, 0.2) is 106 Å². The number of hydrogen-bond acceptors (Lipinski definition) is 5. The molecular formula is C29H20ClNO4. The fourth-order valence-electron chi connectivity index (χ4n) is 4.36. The normalized spacial score (nSPS) is 12.8. The van der Waals surface area contributed by atoms with Crippen LogP contribution in [0.2, 0.25) is 5.02 Å². The van der Waals surface area contributed by atoms with Crippen molar-refractivity contribution in [2.24, 2.45) is 0 Å². The van der Waals surface area contributed by atoms with Crippen molar-refractivity contribution in [1.29, 1.82) is 0 Å². The van der Waals surface area contributed by atoms with E-state index < -0.39 is 5.63 Å². The number of hydrogen-bond donors (Lipinski definition) is 0. The Bertz CT molecular complexity index is 1560. The minimum Gasteiger partial charge on any atom is -0.471 e. The van der Waals surface area contributed by atoms with Crippen LogP contribution >= 0.6 is 11.6 Å². The zero-order valence-corrected chi connectivity index (χ0v) is 19.4. The Labute approximate surface area is 206 Å². The summed E-state index contributed by atoms with van der Waals surface area (Å²) in [6.45, 7) is 0.798. The van der Waals surface area contributed by atoms with Crippen molar-refractivity contribution in [1.82, 2.24) is 0 Å². The minimum absolute atomic E-state index is 0.319. The van der Waals surface area contributed by atoms with Crippen molar-refractivity contribution in [3.05, 3.63) is 118 Å². The van der Waals surface area contributed by atoms with E-state index in [9.17, 15) is 4.79 Å². The van der Waals surface area contributed by atoms with Gasteiger partial charge >= 0.3 is 5.63 Å². The Morgan fingerprint density at radius 2 is 1.51 bits per heavy atom. The molecule has 1 aliphatic heterocycles. The number of benzene rings is 4. The third-order valence-electron chi connectivity index (χ3n) is 6.02. The largest absolute Gasteiger partial charge is 0.471 e. The van der Waals surface area contributed by atoms with Gasteiger partial charge in [0.15, 0.2) is 6.73 Å². The highest BCUT2D eigenvalue weighted by Gasteiger charge is 2.26. The number of halogens is 1. The zero-order chi connectivity index (χ0) is 23.8. The standard InChI is InChI=1S/C29H20ClNO4/c30-26-15-24-23(19-7-3-1-4-8-19)16-27(32)35-28(24)25-17-31(18-33-29(25)26)20-11-13-22(14-12-20)34-21-9-5-2-6-10-21/h1-16H,17-18H2. The van der Waals surface area contributed by atoms with Crippen LogP contribution in [-0.4, -0.2) is 6.73 Å². The third-order valence-corrected chi connectivity index (χ3v) is 6.30. The number of anilines is 1. The molecule has 5 nitrogen and oxygen atoms in total. The maximum absolute atomic E-state index is 12.5. The maximum atomic E-state index is 12.5. The van der Waals surface area contributed by atoms with Gasteiger partial charge in [-0.05, 0) is 53.6 Å². The summed E-state index contributed by atoms with van der Waals surface area (Å²) >= 11 is 6.63. The van der Waals surface area contributed by atoms with Gasteiger partial charge in [0.05, 0.1) is 17.1 Å². The van der Waals surface area contributed by atoms with E-state index in [-0.39, 0.29) is 0 Å². The van der Waals surface area contributed by atoms with Gasteiger partial charge in [-0.3, -0.25) is 0 Å². The van der Waals surface area contributed by atoms with Gasteiger partial charge in [0.1, 0.15) is 22.8 Å². The molecule has 0 aliphatic carbocycles. The first kappa shape index (κ1) is 21.3.